The number of hydrogen-bond donors (Lipinski definition) is 2. The largest absolute Gasteiger partial charge is 0.481 e. The van der Waals surface area contributed by atoms with Crippen LogP contribution < -0.4 is 0 Å². The van der Waals surface area contributed by atoms with Crippen LogP contribution in [-0.2, 0) is 9.59 Å². The molecule has 2 N–H and O–H groups in total. The molecule has 0 bridgehead atoms. The predicted molar refractivity (Wildman–Crippen MR) is 92.3 cm³/mol. The fraction of sp³-hybridized carbons (Fsp3) is 0.389. The number of carboxylic acids is 1. The van der Waals surface area contributed by atoms with Crippen molar-refractivity contribution < 1.29 is 19.5 Å². The molecule has 0 atom stereocenters. The third-order valence-electron chi connectivity index (χ3n) is 4.52. The number of fused-ring (bicyclic) bond motifs is 1. The van der Waals surface area contributed by atoms with E-state index in [4.69, 9.17) is 5.11 Å². The summed E-state index contributed by atoms with van der Waals surface area (Å²) in [6.07, 6.45) is 2.33. The molecule has 1 aliphatic rings. The molecule has 0 radical (unpaired) electrons. The number of rotatable bonds is 5. The molecule has 1 aromatic carbocycles. The van der Waals surface area contributed by atoms with Gasteiger partial charge >= 0.3 is 5.97 Å². The molecule has 132 valence electrons. The standard InChI is InChI=1S/C18H21N3O4/c22-16(6-3-7-17(23)24)20-8-10-21(11-9-20)18(25)14-12-19-15-5-2-1-4-13(14)15/h1-2,4-5,12,19H,3,6-11H2,(H,23,24). The number of carboxylic acid groups (broad SMARTS) is 1. The van der Waals surface area contributed by atoms with Crippen molar-refractivity contribution in [2.24, 2.45) is 0 Å². The van der Waals surface area contributed by atoms with E-state index in [9.17, 15) is 14.4 Å². The molecule has 2 amide bonds. The van der Waals surface area contributed by atoms with Crippen LogP contribution in [0.3, 0.4) is 0 Å². The third-order valence-corrected chi connectivity index (χ3v) is 4.52. The molecule has 0 aliphatic carbocycles. The van der Waals surface area contributed by atoms with E-state index < -0.39 is 5.97 Å². The van der Waals surface area contributed by atoms with Gasteiger partial charge in [0.05, 0.1) is 5.56 Å². The molecule has 1 saturated heterocycles. The van der Waals surface area contributed by atoms with Crippen LogP contribution >= 0.6 is 0 Å². The van der Waals surface area contributed by atoms with Crippen molar-refractivity contribution in [3.8, 4) is 0 Å². The first-order valence-corrected chi connectivity index (χ1v) is 8.41. The van der Waals surface area contributed by atoms with Gasteiger partial charge in [-0.15, -0.1) is 0 Å². The Morgan fingerprint density at radius 1 is 1.00 bits per heavy atom. The SMILES string of the molecule is O=C(O)CCCC(=O)N1CCN(C(=O)c2c[nH]c3ccccc23)CC1. The molecule has 0 spiro atoms. The van der Waals surface area contributed by atoms with Gasteiger partial charge in [0.2, 0.25) is 5.91 Å². The molecule has 1 aromatic heterocycles. The quantitative estimate of drug-likeness (QED) is 0.864. The summed E-state index contributed by atoms with van der Waals surface area (Å²) in [5.74, 6) is -0.960. The van der Waals surface area contributed by atoms with Crippen LogP contribution in [-0.4, -0.2) is 63.9 Å². The van der Waals surface area contributed by atoms with E-state index in [1.54, 1.807) is 16.0 Å². The lowest BCUT2D eigenvalue weighted by atomic mass is 10.1. The van der Waals surface area contributed by atoms with Gasteiger partial charge in [0, 0.05) is 56.1 Å². The molecule has 1 fully saturated rings. The monoisotopic (exact) mass is 343 g/mol. The first-order chi connectivity index (χ1) is 12.1. The smallest absolute Gasteiger partial charge is 0.303 e. The van der Waals surface area contributed by atoms with Gasteiger partial charge in [0.25, 0.3) is 5.91 Å². The maximum absolute atomic E-state index is 12.7. The summed E-state index contributed by atoms with van der Waals surface area (Å²) < 4.78 is 0. The molecule has 0 unspecified atom stereocenters. The van der Waals surface area contributed by atoms with Crippen molar-refractivity contribution in [3.63, 3.8) is 0 Å². The molecule has 0 saturated carbocycles. The number of benzene rings is 1. The summed E-state index contributed by atoms with van der Waals surface area (Å²) in [7, 11) is 0. The third kappa shape index (κ3) is 3.81. The molecular formula is C18H21N3O4. The highest BCUT2D eigenvalue weighted by Gasteiger charge is 2.25. The Kier molecular flexibility index (Phi) is 5.02. The lowest BCUT2D eigenvalue weighted by Crippen LogP contribution is -2.50. The number of amides is 2. The number of H-pyrrole nitrogens is 1. The summed E-state index contributed by atoms with van der Waals surface area (Å²) in [5, 5.41) is 9.53. The average molecular weight is 343 g/mol. The van der Waals surface area contributed by atoms with Crippen molar-refractivity contribution in [1.29, 1.82) is 0 Å². The average Bonchev–Trinajstić information content (AvgIpc) is 3.05. The number of hydrogen-bond acceptors (Lipinski definition) is 3. The Balaban J connectivity index is 1.56. The summed E-state index contributed by atoms with van der Waals surface area (Å²) in [5.41, 5.74) is 1.58. The molecule has 1 aliphatic heterocycles. The van der Waals surface area contributed by atoms with Gasteiger partial charge < -0.3 is 19.9 Å². The predicted octanol–water partition coefficient (Wildman–Crippen LogP) is 1.71. The van der Waals surface area contributed by atoms with Gasteiger partial charge in [-0.25, -0.2) is 0 Å². The molecule has 25 heavy (non-hydrogen) atoms. The van der Waals surface area contributed by atoms with E-state index in [1.165, 1.54) is 0 Å². The second-order valence-electron chi connectivity index (χ2n) is 6.17. The highest BCUT2D eigenvalue weighted by molar-refractivity contribution is 6.06. The zero-order valence-electron chi connectivity index (χ0n) is 13.9. The number of carbonyl (C=O) groups is 3. The Hall–Kier alpha value is -2.83. The van der Waals surface area contributed by atoms with Crippen LogP contribution in [0.4, 0.5) is 0 Å². The van der Waals surface area contributed by atoms with Gasteiger partial charge in [-0.1, -0.05) is 18.2 Å². The number of aromatic nitrogens is 1. The van der Waals surface area contributed by atoms with Crippen LogP contribution in [0.5, 0.6) is 0 Å². The second kappa shape index (κ2) is 7.38. The van der Waals surface area contributed by atoms with Crippen molar-refractivity contribution >= 4 is 28.7 Å². The molecule has 2 heterocycles. The van der Waals surface area contributed by atoms with E-state index in [2.05, 4.69) is 4.98 Å². The normalized spacial score (nSPS) is 14.7. The fourth-order valence-electron chi connectivity index (χ4n) is 3.13. The van der Waals surface area contributed by atoms with E-state index >= 15 is 0 Å². The summed E-state index contributed by atoms with van der Waals surface area (Å²) in [6, 6.07) is 7.67. The number of nitrogens with zero attached hydrogens (tertiary/aromatic N) is 2. The number of aliphatic carboxylic acids is 1. The molecule has 7 heteroatoms. The maximum Gasteiger partial charge on any atom is 0.303 e. The van der Waals surface area contributed by atoms with Gasteiger partial charge in [0.15, 0.2) is 0 Å². The van der Waals surface area contributed by atoms with Crippen molar-refractivity contribution in [2.75, 3.05) is 26.2 Å². The lowest BCUT2D eigenvalue weighted by Gasteiger charge is -2.34. The van der Waals surface area contributed by atoms with Crippen LogP contribution in [0.2, 0.25) is 0 Å². The highest BCUT2D eigenvalue weighted by atomic mass is 16.4. The second-order valence-corrected chi connectivity index (χ2v) is 6.17. The minimum absolute atomic E-state index is 0.00472. The number of piperazine rings is 1. The van der Waals surface area contributed by atoms with Crippen LogP contribution in [0.1, 0.15) is 29.6 Å². The van der Waals surface area contributed by atoms with Gasteiger partial charge in [-0.2, -0.15) is 0 Å². The van der Waals surface area contributed by atoms with E-state index in [1.807, 2.05) is 24.3 Å². The van der Waals surface area contributed by atoms with Crippen molar-refractivity contribution in [2.45, 2.75) is 19.3 Å². The van der Waals surface area contributed by atoms with E-state index in [0.29, 0.717) is 38.2 Å². The Morgan fingerprint density at radius 3 is 2.40 bits per heavy atom. The first-order valence-electron chi connectivity index (χ1n) is 8.41. The Morgan fingerprint density at radius 2 is 1.68 bits per heavy atom. The minimum Gasteiger partial charge on any atom is -0.481 e. The van der Waals surface area contributed by atoms with Crippen molar-refractivity contribution in [3.05, 3.63) is 36.0 Å². The summed E-state index contributed by atoms with van der Waals surface area (Å²) in [4.78, 5) is 41.9. The number of carbonyl (C=O) groups excluding carboxylic acids is 2. The first kappa shape index (κ1) is 17.0. The Labute approximate surface area is 145 Å². The molecule has 7 nitrogen and oxygen atoms in total. The van der Waals surface area contributed by atoms with Crippen LogP contribution in [0, 0.1) is 0 Å². The van der Waals surface area contributed by atoms with Crippen LogP contribution in [0.25, 0.3) is 10.9 Å². The minimum atomic E-state index is -0.887. The molecule has 3 rings (SSSR count). The lowest BCUT2D eigenvalue weighted by molar-refractivity contribution is -0.137. The van der Waals surface area contributed by atoms with Gasteiger partial charge in [0.1, 0.15) is 0 Å². The highest BCUT2D eigenvalue weighted by Crippen LogP contribution is 2.20. The van der Waals surface area contributed by atoms with E-state index in [-0.39, 0.29) is 24.7 Å². The number of para-hydroxylation sites is 1. The molecular weight excluding hydrogens is 322 g/mol. The topological polar surface area (TPSA) is 93.7 Å². The summed E-state index contributed by atoms with van der Waals surface area (Å²) in [6.45, 7) is 1.95. The number of nitrogens with one attached hydrogen (secondary N) is 1. The van der Waals surface area contributed by atoms with E-state index in [0.717, 1.165) is 10.9 Å². The van der Waals surface area contributed by atoms with Crippen LogP contribution in [0.15, 0.2) is 30.5 Å². The zero-order valence-corrected chi connectivity index (χ0v) is 13.9. The van der Waals surface area contributed by atoms with Gasteiger partial charge in [-0.05, 0) is 12.5 Å². The van der Waals surface area contributed by atoms with Gasteiger partial charge in [-0.3, -0.25) is 14.4 Å². The Bertz CT molecular complexity index is 790. The fourth-order valence-corrected chi connectivity index (χ4v) is 3.13. The summed E-state index contributed by atoms with van der Waals surface area (Å²) >= 11 is 0. The van der Waals surface area contributed by atoms with Crippen molar-refractivity contribution in [1.82, 2.24) is 14.8 Å². The maximum atomic E-state index is 12.7. The number of aromatic amines is 1. The zero-order chi connectivity index (χ0) is 17.8. The molecule has 2 aromatic rings.